The normalized spacial score (nSPS) is 13.2. The standard InChI is InChI=1S/C16H24O4S/c1-15(2,10-14(17)18)12-6-8-13(9-7-12)16(3,4)11-21(5,19)20/h6-9H,10-11H2,1-5H3,(H,17,18). The van der Waals surface area contributed by atoms with Crippen molar-refractivity contribution in [2.45, 2.75) is 44.9 Å². The molecule has 0 saturated heterocycles. The maximum Gasteiger partial charge on any atom is 0.304 e. The van der Waals surface area contributed by atoms with Crippen LogP contribution in [0.15, 0.2) is 24.3 Å². The Morgan fingerprint density at radius 3 is 1.71 bits per heavy atom. The van der Waals surface area contributed by atoms with Crippen LogP contribution in [0.4, 0.5) is 0 Å². The fraction of sp³-hybridized carbons (Fsp3) is 0.562. The molecule has 1 N–H and O–H groups in total. The van der Waals surface area contributed by atoms with E-state index in [2.05, 4.69) is 0 Å². The van der Waals surface area contributed by atoms with Crippen molar-refractivity contribution in [1.29, 1.82) is 0 Å². The van der Waals surface area contributed by atoms with E-state index in [1.54, 1.807) is 0 Å². The summed E-state index contributed by atoms with van der Waals surface area (Å²) in [6, 6.07) is 7.57. The minimum absolute atomic E-state index is 0.0546. The smallest absolute Gasteiger partial charge is 0.304 e. The zero-order valence-corrected chi connectivity index (χ0v) is 14.1. The molecule has 0 heterocycles. The summed E-state index contributed by atoms with van der Waals surface area (Å²) in [4.78, 5) is 10.9. The van der Waals surface area contributed by atoms with Crippen molar-refractivity contribution in [1.82, 2.24) is 0 Å². The lowest BCUT2D eigenvalue weighted by Gasteiger charge is -2.27. The van der Waals surface area contributed by atoms with Crippen molar-refractivity contribution < 1.29 is 18.3 Å². The van der Waals surface area contributed by atoms with Crippen LogP contribution in [0.25, 0.3) is 0 Å². The molecule has 0 radical (unpaired) electrons. The van der Waals surface area contributed by atoms with Crippen LogP contribution in [-0.4, -0.2) is 31.5 Å². The Kier molecular flexibility index (Phi) is 4.88. The summed E-state index contributed by atoms with van der Waals surface area (Å²) in [6.07, 6.45) is 1.29. The summed E-state index contributed by atoms with van der Waals surface area (Å²) in [5.74, 6) is -0.751. The number of hydrogen-bond donors (Lipinski definition) is 1. The SMILES string of the molecule is CC(C)(CC(=O)O)c1ccc(C(C)(C)CS(C)(=O)=O)cc1. The fourth-order valence-corrected chi connectivity index (χ4v) is 4.07. The van der Waals surface area contributed by atoms with Gasteiger partial charge in [0.15, 0.2) is 0 Å². The molecule has 0 atom stereocenters. The van der Waals surface area contributed by atoms with E-state index in [-0.39, 0.29) is 12.2 Å². The van der Waals surface area contributed by atoms with E-state index in [0.717, 1.165) is 11.1 Å². The van der Waals surface area contributed by atoms with E-state index < -0.39 is 26.6 Å². The van der Waals surface area contributed by atoms with Gasteiger partial charge in [0, 0.05) is 17.1 Å². The molecule has 0 aliphatic rings. The van der Waals surface area contributed by atoms with Crippen molar-refractivity contribution in [3.63, 3.8) is 0 Å². The minimum atomic E-state index is -3.06. The molecule has 5 heteroatoms. The highest BCUT2D eigenvalue weighted by molar-refractivity contribution is 7.90. The second-order valence-corrected chi connectivity index (χ2v) is 9.13. The number of carbonyl (C=O) groups is 1. The Hall–Kier alpha value is -1.36. The van der Waals surface area contributed by atoms with Gasteiger partial charge in [0.25, 0.3) is 0 Å². The first kappa shape index (κ1) is 17.7. The topological polar surface area (TPSA) is 71.4 Å². The van der Waals surface area contributed by atoms with Gasteiger partial charge in [-0.25, -0.2) is 8.42 Å². The van der Waals surface area contributed by atoms with Crippen LogP contribution in [0.5, 0.6) is 0 Å². The molecular formula is C16H24O4S. The van der Waals surface area contributed by atoms with Crippen LogP contribution in [-0.2, 0) is 25.5 Å². The predicted octanol–water partition coefficient (Wildman–Crippen LogP) is 2.76. The molecule has 1 aromatic carbocycles. The Morgan fingerprint density at radius 2 is 1.38 bits per heavy atom. The van der Waals surface area contributed by atoms with Crippen LogP contribution in [0.3, 0.4) is 0 Å². The van der Waals surface area contributed by atoms with Gasteiger partial charge in [-0.1, -0.05) is 52.0 Å². The maximum absolute atomic E-state index is 11.5. The van der Waals surface area contributed by atoms with Gasteiger partial charge >= 0.3 is 5.97 Å². The quantitative estimate of drug-likeness (QED) is 0.876. The van der Waals surface area contributed by atoms with Crippen molar-refractivity contribution in [2.75, 3.05) is 12.0 Å². The monoisotopic (exact) mass is 312 g/mol. The summed E-state index contributed by atoms with van der Waals surface area (Å²) >= 11 is 0. The molecule has 1 rings (SSSR count). The maximum atomic E-state index is 11.5. The van der Waals surface area contributed by atoms with Gasteiger partial charge < -0.3 is 5.11 Å². The van der Waals surface area contributed by atoms with Gasteiger partial charge in [0.2, 0.25) is 0 Å². The summed E-state index contributed by atoms with van der Waals surface area (Å²) in [5, 5.41) is 8.96. The summed E-state index contributed by atoms with van der Waals surface area (Å²) < 4.78 is 23.0. The second-order valence-electron chi connectivity index (χ2n) is 6.99. The molecule has 0 amide bonds. The predicted molar refractivity (Wildman–Crippen MR) is 84.5 cm³/mol. The van der Waals surface area contributed by atoms with Crippen molar-refractivity contribution in [3.05, 3.63) is 35.4 Å². The van der Waals surface area contributed by atoms with Crippen LogP contribution in [0.2, 0.25) is 0 Å². The number of hydrogen-bond acceptors (Lipinski definition) is 3. The van der Waals surface area contributed by atoms with E-state index in [1.807, 2.05) is 52.0 Å². The van der Waals surface area contributed by atoms with Crippen molar-refractivity contribution in [3.8, 4) is 0 Å². The van der Waals surface area contributed by atoms with Crippen molar-refractivity contribution >= 4 is 15.8 Å². The molecule has 0 aliphatic carbocycles. The molecule has 4 nitrogen and oxygen atoms in total. The highest BCUT2D eigenvalue weighted by Gasteiger charge is 2.28. The number of carboxylic acids is 1. The van der Waals surface area contributed by atoms with Crippen LogP contribution in [0.1, 0.15) is 45.2 Å². The second kappa shape index (κ2) is 5.79. The number of aliphatic carboxylic acids is 1. The first-order valence-corrected chi connectivity index (χ1v) is 8.90. The summed E-state index contributed by atoms with van der Waals surface area (Å²) in [5.41, 5.74) is 0.945. The van der Waals surface area contributed by atoms with E-state index in [1.165, 1.54) is 6.26 Å². The van der Waals surface area contributed by atoms with E-state index in [0.29, 0.717) is 0 Å². The van der Waals surface area contributed by atoms with Crippen LogP contribution in [0, 0.1) is 0 Å². The molecule has 0 unspecified atom stereocenters. The van der Waals surface area contributed by atoms with E-state index in [4.69, 9.17) is 5.11 Å². The van der Waals surface area contributed by atoms with Gasteiger partial charge in [-0.2, -0.15) is 0 Å². The Bertz CT molecular complexity index is 610. The number of carboxylic acid groups (broad SMARTS) is 1. The molecular weight excluding hydrogens is 288 g/mol. The summed E-state index contributed by atoms with van der Waals surface area (Å²) in [7, 11) is -3.06. The lowest BCUT2D eigenvalue weighted by molar-refractivity contribution is -0.138. The number of rotatable bonds is 6. The zero-order valence-electron chi connectivity index (χ0n) is 13.3. The first-order chi connectivity index (χ1) is 9.33. The highest BCUT2D eigenvalue weighted by atomic mass is 32.2. The molecule has 0 aromatic heterocycles. The van der Waals surface area contributed by atoms with Gasteiger partial charge in [-0.05, 0) is 11.1 Å². The van der Waals surface area contributed by atoms with Crippen LogP contribution < -0.4 is 0 Å². The first-order valence-electron chi connectivity index (χ1n) is 6.84. The zero-order chi connectivity index (χ0) is 16.5. The molecule has 0 spiro atoms. The summed E-state index contributed by atoms with van der Waals surface area (Å²) in [6.45, 7) is 7.56. The molecule has 118 valence electrons. The molecule has 0 saturated carbocycles. The average Bonchev–Trinajstić information content (AvgIpc) is 2.24. The average molecular weight is 312 g/mol. The molecule has 0 bridgehead atoms. The molecule has 1 aromatic rings. The lowest BCUT2D eigenvalue weighted by Crippen LogP contribution is -2.28. The molecule has 0 aliphatic heterocycles. The van der Waals surface area contributed by atoms with Crippen LogP contribution >= 0.6 is 0 Å². The van der Waals surface area contributed by atoms with Gasteiger partial charge in [-0.3, -0.25) is 4.79 Å². The number of benzene rings is 1. The van der Waals surface area contributed by atoms with Crippen molar-refractivity contribution in [2.24, 2.45) is 0 Å². The molecule has 0 fully saturated rings. The van der Waals surface area contributed by atoms with Gasteiger partial charge in [0.05, 0.1) is 12.2 Å². The largest absolute Gasteiger partial charge is 0.481 e. The highest BCUT2D eigenvalue weighted by Crippen LogP contribution is 2.30. The Morgan fingerprint density at radius 1 is 1.00 bits per heavy atom. The molecule has 21 heavy (non-hydrogen) atoms. The third-order valence-electron chi connectivity index (χ3n) is 3.66. The lowest BCUT2D eigenvalue weighted by atomic mass is 9.79. The fourth-order valence-electron chi connectivity index (χ4n) is 2.59. The van der Waals surface area contributed by atoms with E-state index in [9.17, 15) is 13.2 Å². The van der Waals surface area contributed by atoms with E-state index >= 15 is 0 Å². The van der Waals surface area contributed by atoms with Gasteiger partial charge in [0.1, 0.15) is 9.84 Å². The third-order valence-corrected chi connectivity index (χ3v) is 4.91. The Labute approximate surface area is 127 Å². The third kappa shape index (κ3) is 5.16. The van der Waals surface area contributed by atoms with Gasteiger partial charge in [-0.15, -0.1) is 0 Å². The minimum Gasteiger partial charge on any atom is -0.481 e. The number of sulfone groups is 1. The Balaban J connectivity index is 3.05.